The first-order valence-corrected chi connectivity index (χ1v) is 7.16. The summed E-state index contributed by atoms with van der Waals surface area (Å²) in [6, 6.07) is 0.168. The summed E-state index contributed by atoms with van der Waals surface area (Å²) in [5.74, 6) is 1.35. The number of fused-ring (bicyclic) bond motifs is 1. The predicted molar refractivity (Wildman–Crippen MR) is 73.1 cm³/mol. The number of aromatic amines is 1. The van der Waals surface area contributed by atoms with Crippen molar-refractivity contribution < 1.29 is 9.90 Å². The molecule has 2 N–H and O–H groups in total. The van der Waals surface area contributed by atoms with Crippen LogP contribution >= 0.6 is 45.2 Å². The lowest BCUT2D eigenvalue weighted by atomic mass is 10.1. The molecule has 0 aromatic carbocycles. The van der Waals surface area contributed by atoms with Gasteiger partial charge in [0.1, 0.15) is 13.2 Å². The highest BCUT2D eigenvalue weighted by Gasteiger charge is 2.55. The van der Waals surface area contributed by atoms with Crippen molar-refractivity contribution in [3.05, 3.63) is 13.2 Å². The number of amides is 1. The minimum Gasteiger partial charge on any atom is -0.465 e. The number of rotatable bonds is 1. The number of aromatic nitrogens is 2. The smallest absolute Gasteiger partial charge is 0.408 e. The van der Waals surface area contributed by atoms with Crippen LogP contribution in [-0.4, -0.2) is 32.1 Å². The van der Waals surface area contributed by atoms with Gasteiger partial charge in [0.15, 0.2) is 0 Å². The number of piperidine rings is 1. The summed E-state index contributed by atoms with van der Waals surface area (Å²) >= 11 is 4.34. The van der Waals surface area contributed by atoms with Crippen LogP contribution in [0, 0.1) is 13.3 Å². The lowest BCUT2D eigenvalue weighted by molar-refractivity contribution is 0.128. The Morgan fingerprint density at radius 3 is 2.81 bits per heavy atom. The lowest BCUT2D eigenvalue weighted by Gasteiger charge is -2.22. The molecule has 16 heavy (non-hydrogen) atoms. The maximum Gasteiger partial charge on any atom is 0.408 e. The van der Waals surface area contributed by atoms with Gasteiger partial charge in [-0.15, -0.1) is 0 Å². The number of likely N-dealkylation sites (tertiary alicyclic amines) is 1. The molecule has 1 amide bonds. The fraction of sp³-hybridized carbons (Fsp3) is 0.556. The maximum atomic E-state index is 11.2. The summed E-state index contributed by atoms with van der Waals surface area (Å²) in [6.07, 6.45) is 1.12. The summed E-state index contributed by atoms with van der Waals surface area (Å²) in [5, 5.41) is 9.20. The van der Waals surface area contributed by atoms with Crippen LogP contribution in [0.5, 0.6) is 0 Å². The molecule has 5 nitrogen and oxygen atoms in total. The number of nitrogens with one attached hydrogen (secondary N) is 1. The molecule has 0 spiro atoms. The molecule has 1 saturated heterocycles. The van der Waals surface area contributed by atoms with E-state index in [1.165, 1.54) is 0 Å². The van der Waals surface area contributed by atoms with Gasteiger partial charge in [-0.1, -0.05) is 0 Å². The van der Waals surface area contributed by atoms with Crippen molar-refractivity contribution in [1.82, 2.24) is 14.9 Å². The van der Waals surface area contributed by atoms with Crippen molar-refractivity contribution in [2.75, 3.05) is 0 Å². The maximum absolute atomic E-state index is 11.2. The van der Waals surface area contributed by atoms with Gasteiger partial charge in [-0.25, -0.2) is 9.78 Å². The monoisotopic (exact) mass is 445 g/mol. The standard InChI is InChI=1S/C9H9I2N3O2/c10-6-7(11)13-8(12-6)5-2-3-1-4(3)14(5)9(15)16/h3-5H,1-2H2,(H,12,13)(H,15,16)/t3-,4-,5+/m1/s1. The Kier molecular flexibility index (Phi) is 2.57. The van der Waals surface area contributed by atoms with Gasteiger partial charge >= 0.3 is 6.09 Å². The molecule has 3 atom stereocenters. The third kappa shape index (κ3) is 1.62. The molecular formula is C9H9I2N3O2. The Labute approximate surface area is 119 Å². The van der Waals surface area contributed by atoms with Crippen LogP contribution in [0.25, 0.3) is 0 Å². The van der Waals surface area contributed by atoms with Gasteiger partial charge < -0.3 is 10.1 Å². The molecule has 1 aromatic heterocycles. The summed E-state index contributed by atoms with van der Waals surface area (Å²) in [7, 11) is 0. The fourth-order valence-electron chi connectivity index (χ4n) is 2.48. The summed E-state index contributed by atoms with van der Waals surface area (Å²) in [4.78, 5) is 20.3. The second-order valence-electron chi connectivity index (χ2n) is 4.23. The number of nitrogens with zero attached hydrogens (tertiary/aromatic N) is 2. The largest absolute Gasteiger partial charge is 0.465 e. The van der Waals surface area contributed by atoms with E-state index in [-0.39, 0.29) is 12.1 Å². The normalized spacial score (nSPS) is 31.6. The zero-order chi connectivity index (χ0) is 11.4. The van der Waals surface area contributed by atoms with E-state index in [4.69, 9.17) is 0 Å². The van der Waals surface area contributed by atoms with E-state index >= 15 is 0 Å². The van der Waals surface area contributed by atoms with E-state index in [1.54, 1.807) is 4.90 Å². The Morgan fingerprint density at radius 2 is 2.25 bits per heavy atom. The average molecular weight is 445 g/mol. The number of hydrogen-bond donors (Lipinski definition) is 2. The second kappa shape index (κ2) is 3.72. The fourth-order valence-corrected chi connectivity index (χ4v) is 3.27. The Hall–Kier alpha value is -0.0600. The summed E-state index contributed by atoms with van der Waals surface area (Å²) in [5.41, 5.74) is 0. The topological polar surface area (TPSA) is 69.2 Å². The van der Waals surface area contributed by atoms with Crippen LogP contribution in [0.3, 0.4) is 0 Å². The zero-order valence-electron chi connectivity index (χ0n) is 8.15. The molecule has 0 radical (unpaired) electrons. The minimum atomic E-state index is -0.823. The van der Waals surface area contributed by atoms with Crippen LogP contribution in [0.15, 0.2) is 0 Å². The number of imidazole rings is 1. The summed E-state index contributed by atoms with van der Waals surface area (Å²) in [6.45, 7) is 0. The highest BCUT2D eigenvalue weighted by Crippen LogP contribution is 2.52. The van der Waals surface area contributed by atoms with E-state index in [1.807, 2.05) is 0 Å². The first-order valence-electron chi connectivity index (χ1n) is 5.00. The third-order valence-electron chi connectivity index (χ3n) is 3.28. The minimum absolute atomic E-state index is 0.0710. The highest BCUT2D eigenvalue weighted by molar-refractivity contribution is 14.1. The highest BCUT2D eigenvalue weighted by atomic mass is 127. The molecule has 1 aliphatic carbocycles. The first-order chi connectivity index (χ1) is 7.58. The van der Waals surface area contributed by atoms with Gasteiger partial charge in [-0.05, 0) is 63.9 Å². The number of carboxylic acid groups (broad SMARTS) is 1. The number of carbonyl (C=O) groups is 1. The lowest BCUT2D eigenvalue weighted by Crippen LogP contribution is -2.32. The predicted octanol–water partition coefficient (Wildman–Crippen LogP) is 2.43. The van der Waals surface area contributed by atoms with Gasteiger partial charge in [0.2, 0.25) is 0 Å². The van der Waals surface area contributed by atoms with Crippen LogP contribution in [-0.2, 0) is 0 Å². The molecule has 1 aliphatic heterocycles. The van der Waals surface area contributed by atoms with Crippen molar-refractivity contribution in [3.63, 3.8) is 0 Å². The Balaban J connectivity index is 1.92. The molecule has 2 heterocycles. The van der Waals surface area contributed by atoms with E-state index in [9.17, 15) is 9.90 Å². The van der Waals surface area contributed by atoms with Crippen LogP contribution < -0.4 is 0 Å². The molecule has 1 saturated carbocycles. The van der Waals surface area contributed by atoms with E-state index in [2.05, 4.69) is 55.1 Å². The SMILES string of the molecule is O=C(O)N1[C@@H]2C[C@@H]2C[C@H]1c1nc(I)c(I)[nH]1. The van der Waals surface area contributed by atoms with E-state index in [0.29, 0.717) is 5.92 Å². The van der Waals surface area contributed by atoms with Gasteiger partial charge in [-0.3, -0.25) is 4.90 Å². The zero-order valence-corrected chi connectivity index (χ0v) is 12.5. The average Bonchev–Trinajstić information content (AvgIpc) is 2.73. The quantitative estimate of drug-likeness (QED) is 0.653. The van der Waals surface area contributed by atoms with Gasteiger partial charge in [-0.2, -0.15) is 0 Å². The Morgan fingerprint density at radius 1 is 1.50 bits per heavy atom. The van der Waals surface area contributed by atoms with Crippen LogP contribution in [0.1, 0.15) is 24.7 Å². The van der Waals surface area contributed by atoms with E-state index in [0.717, 1.165) is 26.1 Å². The van der Waals surface area contributed by atoms with Crippen molar-refractivity contribution in [2.24, 2.45) is 5.92 Å². The molecule has 1 aromatic rings. The number of halogens is 2. The van der Waals surface area contributed by atoms with Crippen LogP contribution in [0.2, 0.25) is 0 Å². The van der Waals surface area contributed by atoms with Gasteiger partial charge in [0.05, 0.1) is 6.04 Å². The molecule has 2 fully saturated rings. The van der Waals surface area contributed by atoms with Crippen molar-refractivity contribution in [1.29, 1.82) is 0 Å². The first kappa shape index (κ1) is 11.1. The van der Waals surface area contributed by atoms with Crippen molar-refractivity contribution >= 4 is 51.3 Å². The van der Waals surface area contributed by atoms with E-state index < -0.39 is 6.09 Å². The third-order valence-corrected chi connectivity index (χ3v) is 5.87. The molecular weight excluding hydrogens is 436 g/mol. The van der Waals surface area contributed by atoms with Crippen LogP contribution in [0.4, 0.5) is 4.79 Å². The Bertz CT molecular complexity index is 442. The molecule has 0 bridgehead atoms. The van der Waals surface area contributed by atoms with Crippen molar-refractivity contribution in [3.8, 4) is 0 Å². The number of H-pyrrole nitrogens is 1. The van der Waals surface area contributed by atoms with Crippen molar-refractivity contribution in [2.45, 2.75) is 24.9 Å². The molecule has 2 aliphatic rings. The van der Waals surface area contributed by atoms with Gasteiger partial charge in [0.25, 0.3) is 0 Å². The second-order valence-corrected chi connectivity index (χ2v) is 6.33. The molecule has 86 valence electrons. The number of hydrogen-bond acceptors (Lipinski definition) is 2. The molecule has 0 unspecified atom stereocenters. The molecule has 7 heteroatoms. The molecule has 3 rings (SSSR count). The summed E-state index contributed by atoms with van der Waals surface area (Å²) < 4.78 is 1.90. The van der Waals surface area contributed by atoms with Gasteiger partial charge in [0, 0.05) is 6.04 Å².